The summed E-state index contributed by atoms with van der Waals surface area (Å²) in [5.41, 5.74) is 0. The van der Waals surface area contributed by atoms with Gasteiger partial charge in [-0.3, -0.25) is 0 Å². The van der Waals surface area contributed by atoms with Gasteiger partial charge < -0.3 is 15.4 Å². The highest BCUT2D eigenvalue weighted by molar-refractivity contribution is 6.37. The monoisotopic (exact) mass is 291 g/mol. The van der Waals surface area contributed by atoms with Crippen molar-refractivity contribution in [3.05, 3.63) is 16.1 Å². The Morgan fingerprint density at radius 1 is 1.28 bits per heavy atom. The van der Waals surface area contributed by atoms with E-state index in [1.807, 2.05) is 0 Å². The third kappa shape index (κ3) is 4.88. The van der Waals surface area contributed by atoms with Gasteiger partial charge in [-0.25, -0.2) is 4.98 Å². The summed E-state index contributed by atoms with van der Waals surface area (Å²) in [6.45, 7) is 6.26. The Hall–Kier alpha value is -0.710. The zero-order valence-electron chi connectivity index (χ0n) is 10.9. The summed E-state index contributed by atoms with van der Waals surface area (Å²) in [4.78, 5) is 4.28. The van der Waals surface area contributed by atoms with Gasteiger partial charge in [-0.15, -0.1) is 0 Å². The van der Waals surface area contributed by atoms with E-state index in [-0.39, 0.29) is 0 Å². The smallest absolute Gasteiger partial charge is 0.147 e. The van der Waals surface area contributed by atoms with Crippen LogP contribution in [-0.2, 0) is 4.74 Å². The summed E-state index contributed by atoms with van der Waals surface area (Å²) in [6.07, 6.45) is 0. The van der Waals surface area contributed by atoms with E-state index in [1.54, 1.807) is 13.1 Å². The number of ether oxygens (including phenoxy) is 1. The Morgan fingerprint density at radius 2 is 1.94 bits per heavy atom. The van der Waals surface area contributed by atoms with Gasteiger partial charge in [0.1, 0.15) is 11.6 Å². The van der Waals surface area contributed by atoms with E-state index >= 15 is 0 Å². The fourth-order valence-electron chi connectivity index (χ4n) is 1.33. The molecule has 2 N–H and O–H groups in total. The van der Waals surface area contributed by atoms with E-state index in [1.165, 1.54) is 0 Å². The first kappa shape index (κ1) is 15.3. The molecule has 0 bridgehead atoms. The molecular weight excluding hydrogens is 273 g/mol. The van der Waals surface area contributed by atoms with E-state index in [0.717, 1.165) is 6.61 Å². The molecule has 0 atom stereocenters. The normalized spacial score (nSPS) is 10.8. The fraction of sp³-hybridized carbons (Fsp3) is 0.583. The highest BCUT2D eigenvalue weighted by Gasteiger charge is 2.07. The van der Waals surface area contributed by atoms with Gasteiger partial charge in [-0.2, -0.15) is 0 Å². The van der Waals surface area contributed by atoms with Crippen molar-refractivity contribution < 1.29 is 4.74 Å². The highest BCUT2D eigenvalue weighted by Crippen LogP contribution is 2.28. The molecule has 1 aromatic rings. The number of halogens is 2. The van der Waals surface area contributed by atoms with Crippen LogP contribution >= 0.6 is 23.2 Å². The predicted molar refractivity (Wildman–Crippen MR) is 78.0 cm³/mol. The molecule has 0 radical (unpaired) electrons. The molecule has 0 amide bonds. The summed E-state index contributed by atoms with van der Waals surface area (Å²) < 4.78 is 5.46. The van der Waals surface area contributed by atoms with Crippen LogP contribution in [0, 0.1) is 5.92 Å². The third-order valence-electron chi connectivity index (χ3n) is 2.16. The van der Waals surface area contributed by atoms with Crippen molar-refractivity contribution in [2.75, 3.05) is 37.4 Å². The maximum Gasteiger partial charge on any atom is 0.147 e. The van der Waals surface area contributed by atoms with Crippen molar-refractivity contribution in [3.8, 4) is 0 Å². The van der Waals surface area contributed by atoms with Gasteiger partial charge in [-0.1, -0.05) is 37.0 Å². The van der Waals surface area contributed by atoms with Gasteiger partial charge in [0.2, 0.25) is 0 Å². The summed E-state index contributed by atoms with van der Waals surface area (Å²) in [5, 5.41) is 7.03. The summed E-state index contributed by atoms with van der Waals surface area (Å²) in [7, 11) is 1.76. The van der Waals surface area contributed by atoms with Crippen molar-refractivity contribution >= 4 is 34.8 Å². The van der Waals surface area contributed by atoms with Crippen molar-refractivity contribution in [2.24, 2.45) is 5.92 Å². The van der Waals surface area contributed by atoms with Crippen LogP contribution in [0.15, 0.2) is 6.07 Å². The summed E-state index contributed by atoms with van der Waals surface area (Å²) >= 11 is 12.0. The zero-order chi connectivity index (χ0) is 13.5. The third-order valence-corrected chi connectivity index (χ3v) is 2.73. The van der Waals surface area contributed by atoms with Crippen LogP contribution < -0.4 is 10.6 Å². The van der Waals surface area contributed by atoms with E-state index in [9.17, 15) is 0 Å². The molecule has 0 aliphatic rings. The number of pyridine rings is 1. The van der Waals surface area contributed by atoms with Crippen LogP contribution in [0.1, 0.15) is 13.8 Å². The lowest BCUT2D eigenvalue weighted by Crippen LogP contribution is -2.13. The Bertz CT molecular complexity index is 386. The minimum absolute atomic E-state index is 0.503. The summed E-state index contributed by atoms with van der Waals surface area (Å²) in [5.74, 6) is 1.75. The average molecular weight is 292 g/mol. The predicted octanol–water partition coefficient (Wildman–Crippen LogP) is 3.51. The number of hydrogen-bond donors (Lipinski definition) is 2. The molecule has 0 saturated carbocycles. The van der Waals surface area contributed by atoms with E-state index in [4.69, 9.17) is 27.9 Å². The van der Waals surface area contributed by atoms with Crippen molar-refractivity contribution in [2.45, 2.75) is 13.8 Å². The van der Waals surface area contributed by atoms with E-state index in [2.05, 4.69) is 29.5 Å². The molecule has 0 fully saturated rings. The van der Waals surface area contributed by atoms with Crippen LogP contribution in [0.5, 0.6) is 0 Å². The molecule has 102 valence electrons. The minimum Gasteiger partial charge on any atom is -0.379 e. The van der Waals surface area contributed by atoms with Crippen LogP contribution in [-0.4, -0.2) is 31.8 Å². The van der Waals surface area contributed by atoms with Gasteiger partial charge in [0.15, 0.2) is 0 Å². The first-order valence-corrected chi connectivity index (χ1v) is 6.65. The second kappa shape index (κ2) is 7.67. The second-order valence-electron chi connectivity index (χ2n) is 4.29. The lowest BCUT2D eigenvalue weighted by molar-refractivity contribution is 0.118. The van der Waals surface area contributed by atoms with E-state index in [0.29, 0.717) is 40.8 Å². The fourth-order valence-corrected chi connectivity index (χ4v) is 1.85. The van der Waals surface area contributed by atoms with Crippen LogP contribution in [0.3, 0.4) is 0 Å². The SMILES string of the molecule is CNc1nc(NCCOCC(C)C)c(Cl)cc1Cl. The van der Waals surface area contributed by atoms with Gasteiger partial charge in [0.05, 0.1) is 16.7 Å². The Morgan fingerprint density at radius 3 is 2.56 bits per heavy atom. The largest absolute Gasteiger partial charge is 0.379 e. The molecule has 4 nitrogen and oxygen atoms in total. The second-order valence-corrected chi connectivity index (χ2v) is 5.11. The molecule has 0 aromatic carbocycles. The quantitative estimate of drug-likeness (QED) is 0.755. The van der Waals surface area contributed by atoms with Crippen LogP contribution in [0.2, 0.25) is 10.0 Å². The van der Waals surface area contributed by atoms with Gasteiger partial charge in [0.25, 0.3) is 0 Å². The van der Waals surface area contributed by atoms with Gasteiger partial charge in [-0.05, 0) is 12.0 Å². The van der Waals surface area contributed by atoms with Crippen molar-refractivity contribution in [3.63, 3.8) is 0 Å². The first-order chi connectivity index (χ1) is 8.54. The van der Waals surface area contributed by atoms with Crippen molar-refractivity contribution in [1.29, 1.82) is 0 Å². The molecule has 0 aliphatic carbocycles. The molecule has 1 rings (SSSR count). The molecule has 0 unspecified atom stereocenters. The molecule has 0 saturated heterocycles. The topological polar surface area (TPSA) is 46.2 Å². The highest BCUT2D eigenvalue weighted by atomic mass is 35.5. The molecule has 1 heterocycles. The molecule has 18 heavy (non-hydrogen) atoms. The number of hydrogen-bond acceptors (Lipinski definition) is 4. The summed E-state index contributed by atoms with van der Waals surface area (Å²) in [6, 6.07) is 1.67. The van der Waals surface area contributed by atoms with Crippen LogP contribution in [0.25, 0.3) is 0 Å². The zero-order valence-corrected chi connectivity index (χ0v) is 12.4. The molecule has 0 spiro atoms. The van der Waals surface area contributed by atoms with E-state index < -0.39 is 0 Å². The molecule has 6 heteroatoms. The lowest BCUT2D eigenvalue weighted by atomic mass is 10.2. The Labute approximate surface area is 118 Å². The van der Waals surface area contributed by atoms with Gasteiger partial charge >= 0.3 is 0 Å². The Balaban J connectivity index is 2.47. The lowest BCUT2D eigenvalue weighted by Gasteiger charge is -2.11. The maximum absolute atomic E-state index is 6.04. The minimum atomic E-state index is 0.503. The Kier molecular flexibility index (Phi) is 6.54. The average Bonchev–Trinajstić information content (AvgIpc) is 2.30. The number of anilines is 2. The number of aromatic nitrogens is 1. The maximum atomic E-state index is 6.04. The standard InChI is InChI=1S/C12H19Cl2N3O/c1-8(2)7-18-5-4-16-12-10(14)6-9(13)11(15-3)17-12/h6,8H,4-5,7H2,1-3H3,(H2,15,16,17). The van der Waals surface area contributed by atoms with Crippen LogP contribution in [0.4, 0.5) is 11.6 Å². The number of nitrogens with zero attached hydrogens (tertiary/aromatic N) is 1. The molecular formula is C12H19Cl2N3O. The van der Waals surface area contributed by atoms with Gasteiger partial charge in [0, 0.05) is 20.2 Å². The first-order valence-electron chi connectivity index (χ1n) is 5.90. The molecule has 1 aromatic heterocycles. The molecule has 0 aliphatic heterocycles. The van der Waals surface area contributed by atoms with Crippen molar-refractivity contribution in [1.82, 2.24) is 4.98 Å². The number of nitrogens with one attached hydrogen (secondary N) is 2. The number of rotatable bonds is 7.